The fourth-order valence-electron chi connectivity index (χ4n) is 2.41. The molecular formula is C16H16N4O. The molecule has 3 aromatic rings. The zero-order valence-electron chi connectivity index (χ0n) is 11.7. The van der Waals surface area contributed by atoms with Crippen LogP contribution in [0.3, 0.4) is 0 Å². The Morgan fingerprint density at radius 2 is 2.05 bits per heavy atom. The van der Waals surface area contributed by atoms with Gasteiger partial charge in [-0.3, -0.25) is 15.8 Å². The van der Waals surface area contributed by atoms with E-state index in [9.17, 15) is 0 Å². The third-order valence-electron chi connectivity index (χ3n) is 3.46. The van der Waals surface area contributed by atoms with E-state index < -0.39 is 0 Å². The van der Waals surface area contributed by atoms with E-state index in [0.29, 0.717) is 5.75 Å². The average Bonchev–Trinajstić information content (AvgIpc) is 2.56. The molecule has 21 heavy (non-hydrogen) atoms. The first-order valence-electron chi connectivity index (χ1n) is 6.62. The number of rotatable bonds is 4. The second-order valence-corrected chi connectivity index (χ2v) is 4.68. The highest BCUT2D eigenvalue weighted by Gasteiger charge is 2.17. The Hall–Kier alpha value is -2.50. The van der Waals surface area contributed by atoms with Crippen molar-refractivity contribution in [2.45, 2.75) is 6.04 Å². The van der Waals surface area contributed by atoms with Crippen LogP contribution in [0.1, 0.15) is 17.2 Å². The number of hydrazine groups is 1. The maximum absolute atomic E-state index is 5.75. The predicted molar refractivity (Wildman–Crippen MR) is 81.7 cm³/mol. The largest absolute Gasteiger partial charge is 0.495 e. The topological polar surface area (TPSA) is 73.1 Å². The molecule has 2 heterocycles. The van der Waals surface area contributed by atoms with Crippen molar-refractivity contribution in [2.75, 3.05) is 7.11 Å². The Morgan fingerprint density at radius 1 is 1.19 bits per heavy atom. The van der Waals surface area contributed by atoms with Gasteiger partial charge in [0.1, 0.15) is 5.75 Å². The van der Waals surface area contributed by atoms with Crippen molar-refractivity contribution in [1.82, 2.24) is 15.4 Å². The van der Waals surface area contributed by atoms with Crippen LogP contribution in [0.15, 0.2) is 55.0 Å². The number of pyridine rings is 2. The van der Waals surface area contributed by atoms with Crippen molar-refractivity contribution < 1.29 is 4.74 Å². The van der Waals surface area contributed by atoms with Crippen LogP contribution in [0.5, 0.6) is 5.75 Å². The molecule has 0 aliphatic heterocycles. The van der Waals surface area contributed by atoms with Gasteiger partial charge in [-0.05, 0) is 23.8 Å². The first kappa shape index (κ1) is 13.5. The summed E-state index contributed by atoms with van der Waals surface area (Å²) in [5.41, 5.74) is 5.68. The van der Waals surface area contributed by atoms with Crippen molar-refractivity contribution in [3.8, 4) is 5.75 Å². The highest BCUT2D eigenvalue weighted by atomic mass is 16.5. The Bertz CT molecular complexity index is 760. The van der Waals surface area contributed by atoms with Gasteiger partial charge in [0, 0.05) is 23.3 Å². The maximum Gasteiger partial charge on any atom is 0.142 e. The lowest BCUT2D eigenvalue weighted by Crippen LogP contribution is -2.29. The summed E-state index contributed by atoms with van der Waals surface area (Å²) < 4.78 is 5.36. The summed E-state index contributed by atoms with van der Waals surface area (Å²) in [6, 6.07) is 11.7. The number of methoxy groups -OCH3 is 1. The lowest BCUT2D eigenvalue weighted by molar-refractivity contribution is 0.402. The van der Waals surface area contributed by atoms with E-state index in [4.69, 9.17) is 10.6 Å². The smallest absolute Gasteiger partial charge is 0.142 e. The van der Waals surface area contributed by atoms with E-state index in [2.05, 4.69) is 21.5 Å². The summed E-state index contributed by atoms with van der Waals surface area (Å²) in [5.74, 6) is 6.44. The second kappa shape index (κ2) is 5.87. The first-order chi connectivity index (χ1) is 10.3. The molecule has 0 fully saturated rings. The van der Waals surface area contributed by atoms with Gasteiger partial charge in [0.25, 0.3) is 0 Å². The summed E-state index contributed by atoms with van der Waals surface area (Å²) in [6.07, 6.45) is 5.22. The molecule has 1 aromatic carbocycles. The van der Waals surface area contributed by atoms with E-state index in [1.54, 1.807) is 19.5 Å². The molecule has 0 saturated heterocycles. The first-order valence-corrected chi connectivity index (χ1v) is 6.62. The molecule has 3 rings (SSSR count). The van der Waals surface area contributed by atoms with Crippen molar-refractivity contribution >= 4 is 10.9 Å². The Morgan fingerprint density at radius 3 is 2.86 bits per heavy atom. The standard InChI is InChI=1S/C16H16N4O/c1-21-15-10-18-7-6-13(15)16(20-17)12-8-11-4-2-3-5-14(11)19-9-12/h2-10,16,20H,17H2,1H3. The SMILES string of the molecule is COc1cnccc1C(NN)c1cnc2ccccc2c1. The number of para-hydroxylation sites is 1. The molecule has 5 heteroatoms. The summed E-state index contributed by atoms with van der Waals surface area (Å²) in [5, 5.41) is 1.07. The van der Waals surface area contributed by atoms with E-state index in [-0.39, 0.29) is 6.04 Å². The van der Waals surface area contributed by atoms with Gasteiger partial charge in [0.05, 0.1) is 24.9 Å². The lowest BCUT2D eigenvalue weighted by atomic mass is 9.99. The number of benzene rings is 1. The fourth-order valence-corrected chi connectivity index (χ4v) is 2.41. The molecule has 1 unspecified atom stereocenters. The Kier molecular flexibility index (Phi) is 3.77. The number of nitrogens with two attached hydrogens (primary N) is 1. The zero-order valence-corrected chi connectivity index (χ0v) is 11.7. The third kappa shape index (κ3) is 2.56. The Balaban J connectivity index is 2.09. The molecule has 0 amide bonds. The molecule has 0 bridgehead atoms. The van der Waals surface area contributed by atoms with Crippen molar-refractivity contribution in [2.24, 2.45) is 5.84 Å². The number of ether oxygens (including phenoxy) is 1. The van der Waals surface area contributed by atoms with Crippen LogP contribution in [0.2, 0.25) is 0 Å². The Labute approximate surface area is 122 Å². The molecular weight excluding hydrogens is 264 g/mol. The van der Waals surface area contributed by atoms with Gasteiger partial charge in [-0.15, -0.1) is 0 Å². The lowest BCUT2D eigenvalue weighted by Gasteiger charge is -2.19. The minimum atomic E-state index is -0.208. The molecule has 0 saturated carbocycles. The van der Waals surface area contributed by atoms with Gasteiger partial charge >= 0.3 is 0 Å². The normalized spacial score (nSPS) is 12.3. The molecule has 106 valence electrons. The second-order valence-electron chi connectivity index (χ2n) is 4.68. The van der Waals surface area contributed by atoms with Crippen LogP contribution in [-0.2, 0) is 0 Å². The van der Waals surface area contributed by atoms with E-state index in [0.717, 1.165) is 22.0 Å². The predicted octanol–water partition coefficient (Wildman–Crippen LogP) is 2.19. The number of nitrogens with one attached hydrogen (secondary N) is 1. The molecule has 3 N–H and O–H groups in total. The van der Waals surface area contributed by atoms with E-state index >= 15 is 0 Å². The quantitative estimate of drug-likeness (QED) is 0.566. The third-order valence-corrected chi connectivity index (χ3v) is 3.46. The van der Waals surface area contributed by atoms with Gasteiger partial charge in [0.15, 0.2) is 0 Å². The van der Waals surface area contributed by atoms with Crippen LogP contribution in [0.25, 0.3) is 10.9 Å². The fraction of sp³-hybridized carbons (Fsp3) is 0.125. The number of hydrogen-bond donors (Lipinski definition) is 2. The molecule has 0 aliphatic carbocycles. The maximum atomic E-state index is 5.75. The van der Waals surface area contributed by atoms with Crippen LogP contribution >= 0.6 is 0 Å². The molecule has 0 spiro atoms. The zero-order chi connectivity index (χ0) is 14.7. The molecule has 1 atom stereocenters. The van der Waals surface area contributed by atoms with Crippen molar-refractivity contribution in [1.29, 1.82) is 0 Å². The number of fused-ring (bicyclic) bond motifs is 1. The van der Waals surface area contributed by atoms with Crippen molar-refractivity contribution in [3.05, 3.63) is 66.1 Å². The number of nitrogens with zero attached hydrogens (tertiary/aromatic N) is 2. The van der Waals surface area contributed by atoms with E-state index in [1.165, 1.54) is 0 Å². The van der Waals surface area contributed by atoms with Crippen LogP contribution in [0.4, 0.5) is 0 Å². The molecule has 0 radical (unpaired) electrons. The summed E-state index contributed by atoms with van der Waals surface area (Å²) >= 11 is 0. The van der Waals surface area contributed by atoms with Crippen molar-refractivity contribution in [3.63, 3.8) is 0 Å². The minimum Gasteiger partial charge on any atom is -0.495 e. The van der Waals surface area contributed by atoms with Gasteiger partial charge in [-0.25, -0.2) is 5.43 Å². The van der Waals surface area contributed by atoms with Crippen LogP contribution in [0, 0.1) is 0 Å². The highest BCUT2D eigenvalue weighted by molar-refractivity contribution is 5.79. The van der Waals surface area contributed by atoms with Crippen LogP contribution in [-0.4, -0.2) is 17.1 Å². The molecule has 2 aromatic heterocycles. The summed E-state index contributed by atoms with van der Waals surface area (Å²) in [6.45, 7) is 0. The monoisotopic (exact) mass is 280 g/mol. The van der Waals surface area contributed by atoms with Gasteiger partial charge in [-0.2, -0.15) is 0 Å². The van der Waals surface area contributed by atoms with Gasteiger partial charge < -0.3 is 4.74 Å². The summed E-state index contributed by atoms with van der Waals surface area (Å²) in [4.78, 5) is 8.55. The van der Waals surface area contributed by atoms with Gasteiger partial charge in [0.2, 0.25) is 0 Å². The minimum absolute atomic E-state index is 0.208. The number of aromatic nitrogens is 2. The molecule has 5 nitrogen and oxygen atoms in total. The number of hydrogen-bond acceptors (Lipinski definition) is 5. The molecule has 0 aliphatic rings. The summed E-state index contributed by atoms with van der Waals surface area (Å²) in [7, 11) is 1.62. The highest BCUT2D eigenvalue weighted by Crippen LogP contribution is 2.29. The van der Waals surface area contributed by atoms with E-state index in [1.807, 2.05) is 36.5 Å². The van der Waals surface area contributed by atoms with Gasteiger partial charge in [-0.1, -0.05) is 18.2 Å². The van der Waals surface area contributed by atoms with Crippen LogP contribution < -0.4 is 16.0 Å². The average molecular weight is 280 g/mol.